The number of hydrogen-bond donors (Lipinski definition) is 1. The van der Waals surface area contributed by atoms with Crippen molar-refractivity contribution in [2.45, 2.75) is 31.5 Å². The molecule has 152 valence electrons. The van der Waals surface area contributed by atoms with E-state index in [1.165, 1.54) is 12.1 Å². The molecular formula is C22H21F3N2O2. The second kappa shape index (κ2) is 8.66. The van der Waals surface area contributed by atoms with Crippen LogP contribution in [0.25, 0.3) is 4.85 Å². The Bertz CT molecular complexity index is 886. The van der Waals surface area contributed by atoms with Crippen molar-refractivity contribution in [1.29, 1.82) is 0 Å². The van der Waals surface area contributed by atoms with Gasteiger partial charge in [0.05, 0.1) is 12.1 Å². The number of carbonyl (C=O) groups is 1. The molecule has 1 fully saturated rings. The molecule has 0 aromatic heterocycles. The largest absolute Gasteiger partial charge is 0.481 e. The Kier molecular flexibility index (Phi) is 6.23. The third kappa shape index (κ3) is 5.58. The highest BCUT2D eigenvalue weighted by Gasteiger charge is 2.31. The Hall–Kier alpha value is -2.85. The van der Waals surface area contributed by atoms with Crippen LogP contribution < -0.4 is 0 Å². The van der Waals surface area contributed by atoms with Gasteiger partial charge in [-0.1, -0.05) is 36.4 Å². The maximum Gasteiger partial charge on any atom is 0.416 e. The van der Waals surface area contributed by atoms with E-state index in [1.807, 2.05) is 12.1 Å². The van der Waals surface area contributed by atoms with Crippen molar-refractivity contribution >= 4 is 11.7 Å². The normalized spacial score (nSPS) is 20.2. The van der Waals surface area contributed by atoms with E-state index in [4.69, 9.17) is 6.57 Å². The lowest BCUT2D eigenvalue weighted by Gasteiger charge is -2.38. The summed E-state index contributed by atoms with van der Waals surface area (Å²) in [6.45, 7) is 8.80. The van der Waals surface area contributed by atoms with Gasteiger partial charge in [0.25, 0.3) is 0 Å². The predicted molar refractivity (Wildman–Crippen MR) is 103 cm³/mol. The Morgan fingerprint density at radius 3 is 2.31 bits per heavy atom. The van der Waals surface area contributed by atoms with Gasteiger partial charge in [0.2, 0.25) is 0 Å². The van der Waals surface area contributed by atoms with Crippen LogP contribution in [-0.4, -0.2) is 29.1 Å². The minimum absolute atomic E-state index is 0.0405. The number of hydrogen-bond acceptors (Lipinski definition) is 2. The SMILES string of the molecule is [C-]#[N+]c1ccc([C@@H]2C[C@@H](CC(=O)O)CN(Cc3ccc(C(F)(F)F)cc3)C2)cc1. The molecule has 29 heavy (non-hydrogen) atoms. The zero-order valence-electron chi connectivity index (χ0n) is 15.7. The number of carboxylic acid groups (broad SMARTS) is 1. The molecule has 2 aromatic rings. The summed E-state index contributed by atoms with van der Waals surface area (Å²) in [5, 5.41) is 9.22. The average molecular weight is 402 g/mol. The van der Waals surface area contributed by atoms with E-state index in [2.05, 4.69) is 9.74 Å². The lowest BCUT2D eigenvalue weighted by atomic mass is 9.83. The van der Waals surface area contributed by atoms with Gasteiger partial charge in [0, 0.05) is 26.1 Å². The highest BCUT2D eigenvalue weighted by Crippen LogP contribution is 2.34. The van der Waals surface area contributed by atoms with Crippen molar-refractivity contribution in [3.05, 3.63) is 76.6 Å². The summed E-state index contributed by atoms with van der Waals surface area (Å²) in [5.74, 6) is -0.781. The summed E-state index contributed by atoms with van der Waals surface area (Å²) >= 11 is 0. The Labute approximate surface area is 167 Å². The van der Waals surface area contributed by atoms with Gasteiger partial charge in [-0.05, 0) is 41.5 Å². The third-order valence-corrected chi connectivity index (χ3v) is 5.26. The molecule has 0 aliphatic carbocycles. The summed E-state index contributed by atoms with van der Waals surface area (Å²) in [6.07, 6.45) is -3.58. The van der Waals surface area contributed by atoms with Crippen LogP contribution in [0.1, 0.15) is 35.4 Å². The monoisotopic (exact) mass is 402 g/mol. The standard InChI is InChI=1S/C22H21F3N2O2/c1-26-20-8-4-17(5-9-20)18-10-16(11-21(28)29)13-27(14-18)12-15-2-6-19(7-3-15)22(23,24)25/h2-9,16,18H,10-14H2,(H,28,29)/t16-,18+/m0/s1. The molecular weight excluding hydrogens is 381 g/mol. The van der Waals surface area contributed by atoms with Gasteiger partial charge in [-0.15, -0.1) is 0 Å². The third-order valence-electron chi connectivity index (χ3n) is 5.26. The molecule has 2 atom stereocenters. The molecule has 1 N–H and O–H groups in total. The average Bonchev–Trinajstić information content (AvgIpc) is 2.67. The van der Waals surface area contributed by atoms with Gasteiger partial charge < -0.3 is 5.11 Å². The van der Waals surface area contributed by atoms with Gasteiger partial charge in [-0.2, -0.15) is 13.2 Å². The fraction of sp³-hybridized carbons (Fsp3) is 0.364. The van der Waals surface area contributed by atoms with E-state index in [1.54, 1.807) is 12.1 Å². The van der Waals surface area contributed by atoms with Gasteiger partial charge in [-0.3, -0.25) is 9.69 Å². The zero-order valence-corrected chi connectivity index (χ0v) is 15.7. The number of aliphatic carboxylic acids is 1. The van der Waals surface area contributed by atoms with Crippen LogP contribution in [0.3, 0.4) is 0 Å². The fourth-order valence-corrected chi connectivity index (χ4v) is 3.95. The molecule has 1 aliphatic rings. The number of benzene rings is 2. The molecule has 0 unspecified atom stereocenters. The van der Waals surface area contributed by atoms with Gasteiger partial charge in [-0.25, -0.2) is 4.85 Å². The van der Waals surface area contributed by atoms with Crippen LogP contribution >= 0.6 is 0 Å². The molecule has 1 heterocycles. The number of alkyl halides is 3. The van der Waals surface area contributed by atoms with E-state index >= 15 is 0 Å². The molecule has 0 amide bonds. The zero-order chi connectivity index (χ0) is 21.0. The second-order valence-electron chi connectivity index (χ2n) is 7.49. The molecule has 4 nitrogen and oxygen atoms in total. The predicted octanol–water partition coefficient (Wildman–Crippen LogP) is 5.34. The lowest BCUT2D eigenvalue weighted by Crippen LogP contribution is -2.39. The molecule has 7 heteroatoms. The smallest absolute Gasteiger partial charge is 0.416 e. The van der Waals surface area contributed by atoms with Crippen LogP contribution in [0.2, 0.25) is 0 Å². The number of nitrogens with zero attached hydrogens (tertiary/aromatic N) is 2. The molecule has 0 spiro atoms. The Morgan fingerprint density at radius 2 is 1.76 bits per heavy atom. The maximum absolute atomic E-state index is 12.8. The Balaban J connectivity index is 1.75. The summed E-state index contributed by atoms with van der Waals surface area (Å²) in [6, 6.07) is 12.4. The van der Waals surface area contributed by atoms with Crippen molar-refractivity contribution in [3.63, 3.8) is 0 Å². The van der Waals surface area contributed by atoms with E-state index in [0.717, 1.165) is 29.7 Å². The van der Waals surface area contributed by atoms with Gasteiger partial charge in [0.1, 0.15) is 0 Å². The fourth-order valence-electron chi connectivity index (χ4n) is 3.95. The van der Waals surface area contributed by atoms with Gasteiger partial charge in [0.15, 0.2) is 5.69 Å². The molecule has 1 saturated heterocycles. The van der Waals surface area contributed by atoms with Crippen LogP contribution in [-0.2, 0) is 17.5 Å². The Morgan fingerprint density at radius 1 is 1.10 bits per heavy atom. The van der Waals surface area contributed by atoms with Crippen molar-refractivity contribution in [2.75, 3.05) is 13.1 Å². The summed E-state index contributed by atoms with van der Waals surface area (Å²) in [7, 11) is 0. The van der Waals surface area contributed by atoms with Gasteiger partial charge >= 0.3 is 12.1 Å². The number of piperidine rings is 1. The molecule has 1 aliphatic heterocycles. The molecule has 0 bridgehead atoms. The highest BCUT2D eigenvalue weighted by molar-refractivity contribution is 5.67. The quantitative estimate of drug-likeness (QED) is 0.687. The van der Waals surface area contributed by atoms with E-state index in [9.17, 15) is 23.1 Å². The second-order valence-corrected chi connectivity index (χ2v) is 7.49. The molecule has 0 radical (unpaired) electrons. The minimum atomic E-state index is -4.36. The molecule has 0 saturated carbocycles. The number of rotatable bonds is 5. The van der Waals surface area contributed by atoms with E-state index in [0.29, 0.717) is 25.3 Å². The summed E-state index contributed by atoms with van der Waals surface area (Å²) in [5.41, 5.74) is 1.68. The number of carboxylic acids is 1. The summed E-state index contributed by atoms with van der Waals surface area (Å²) in [4.78, 5) is 16.7. The maximum atomic E-state index is 12.8. The molecule has 3 rings (SSSR count). The molecule has 2 aromatic carbocycles. The number of halogens is 3. The van der Waals surface area contributed by atoms with E-state index < -0.39 is 17.7 Å². The van der Waals surface area contributed by atoms with Crippen LogP contribution in [0.15, 0.2) is 48.5 Å². The van der Waals surface area contributed by atoms with E-state index in [-0.39, 0.29) is 18.3 Å². The van der Waals surface area contributed by atoms with Crippen molar-refractivity contribution in [1.82, 2.24) is 4.90 Å². The highest BCUT2D eigenvalue weighted by atomic mass is 19.4. The number of likely N-dealkylation sites (tertiary alicyclic amines) is 1. The van der Waals surface area contributed by atoms with Crippen molar-refractivity contribution < 1.29 is 23.1 Å². The first-order valence-electron chi connectivity index (χ1n) is 9.32. The van der Waals surface area contributed by atoms with Crippen LogP contribution in [0.4, 0.5) is 18.9 Å². The van der Waals surface area contributed by atoms with Crippen LogP contribution in [0, 0.1) is 12.5 Å². The first-order valence-corrected chi connectivity index (χ1v) is 9.32. The first kappa shape index (κ1) is 20.9. The van der Waals surface area contributed by atoms with Crippen molar-refractivity contribution in [2.24, 2.45) is 5.92 Å². The minimum Gasteiger partial charge on any atom is -0.481 e. The lowest BCUT2D eigenvalue weighted by molar-refractivity contribution is -0.139. The van der Waals surface area contributed by atoms with Crippen molar-refractivity contribution in [3.8, 4) is 0 Å². The summed E-state index contributed by atoms with van der Waals surface area (Å²) < 4.78 is 38.3. The van der Waals surface area contributed by atoms with Crippen LogP contribution in [0.5, 0.6) is 0 Å². The first-order chi connectivity index (χ1) is 13.7. The topological polar surface area (TPSA) is 44.9 Å².